The monoisotopic (exact) mass is 203 g/mol. The van der Waals surface area contributed by atoms with Crippen molar-refractivity contribution in [2.24, 2.45) is 5.92 Å². The maximum absolute atomic E-state index is 12.6. The molecule has 0 aliphatic carbocycles. The number of rotatable bonds is 0. The highest BCUT2D eigenvalue weighted by molar-refractivity contribution is 5.34. The molecule has 1 atom stereocenters. The van der Waals surface area contributed by atoms with Gasteiger partial charge in [0.2, 0.25) is 0 Å². The standard InChI is InChI=1S/C13H14FN/c14-13-7-5-11(6-8-13)3-4-12-2-1-9-15-10-12/h5-8,12,15H,1-2,9-10H2. The van der Waals surface area contributed by atoms with Gasteiger partial charge in [-0.15, -0.1) is 0 Å². The molecule has 0 bridgehead atoms. The fraction of sp³-hybridized carbons (Fsp3) is 0.385. The molecule has 0 aromatic heterocycles. The molecule has 1 heterocycles. The first kappa shape index (κ1) is 10.2. The van der Waals surface area contributed by atoms with Gasteiger partial charge in [-0.25, -0.2) is 4.39 Å². The van der Waals surface area contributed by atoms with Gasteiger partial charge in [0.05, 0.1) is 0 Å². The summed E-state index contributed by atoms with van der Waals surface area (Å²) in [7, 11) is 0. The van der Waals surface area contributed by atoms with E-state index in [4.69, 9.17) is 0 Å². The van der Waals surface area contributed by atoms with Gasteiger partial charge in [-0.05, 0) is 43.7 Å². The average molecular weight is 203 g/mol. The zero-order valence-electron chi connectivity index (χ0n) is 8.59. The van der Waals surface area contributed by atoms with Crippen LogP contribution in [-0.4, -0.2) is 13.1 Å². The lowest BCUT2D eigenvalue weighted by molar-refractivity contribution is 0.449. The predicted octanol–water partition coefficient (Wildman–Crippen LogP) is 2.18. The Labute approximate surface area is 89.7 Å². The van der Waals surface area contributed by atoms with Gasteiger partial charge >= 0.3 is 0 Å². The zero-order valence-corrected chi connectivity index (χ0v) is 8.59. The van der Waals surface area contributed by atoms with E-state index in [2.05, 4.69) is 17.2 Å². The molecule has 0 radical (unpaired) electrons. The highest BCUT2D eigenvalue weighted by Gasteiger charge is 2.08. The third-order valence-electron chi connectivity index (χ3n) is 2.56. The molecular formula is C13H14FN. The molecule has 0 spiro atoms. The first-order valence-corrected chi connectivity index (χ1v) is 5.32. The van der Waals surface area contributed by atoms with Crippen LogP contribution in [0.15, 0.2) is 24.3 Å². The van der Waals surface area contributed by atoms with Gasteiger partial charge in [0.15, 0.2) is 0 Å². The molecular weight excluding hydrogens is 189 g/mol. The van der Waals surface area contributed by atoms with Crippen molar-refractivity contribution in [3.8, 4) is 11.8 Å². The van der Waals surface area contributed by atoms with E-state index >= 15 is 0 Å². The van der Waals surface area contributed by atoms with E-state index in [1.807, 2.05) is 0 Å². The van der Waals surface area contributed by atoms with Crippen LogP contribution in [0.4, 0.5) is 4.39 Å². The van der Waals surface area contributed by atoms with E-state index < -0.39 is 0 Å². The number of halogens is 1. The zero-order chi connectivity index (χ0) is 10.5. The van der Waals surface area contributed by atoms with Crippen molar-refractivity contribution in [1.82, 2.24) is 5.32 Å². The number of hydrogen-bond donors (Lipinski definition) is 1. The van der Waals surface area contributed by atoms with Gasteiger partial charge in [-0.1, -0.05) is 11.8 Å². The summed E-state index contributed by atoms with van der Waals surface area (Å²) in [4.78, 5) is 0. The van der Waals surface area contributed by atoms with Crippen LogP contribution in [0.25, 0.3) is 0 Å². The van der Waals surface area contributed by atoms with Crippen LogP contribution < -0.4 is 5.32 Å². The Morgan fingerprint density at radius 2 is 2.07 bits per heavy atom. The molecule has 1 fully saturated rings. The first-order valence-electron chi connectivity index (χ1n) is 5.32. The molecule has 1 aliphatic rings. The summed E-state index contributed by atoms with van der Waals surface area (Å²) in [6.45, 7) is 2.09. The Kier molecular flexibility index (Phi) is 3.37. The van der Waals surface area contributed by atoms with E-state index in [0.29, 0.717) is 5.92 Å². The van der Waals surface area contributed by atoms with Crippen molar-refractivity contribution in [1.29, 1.82) is 0 Å². The summed E-state index contributed by atoms with van der Waals surface area (Å²) in [5.41, 5.74) is 0.891. The van der Waals surface area contributed by atoms with Crippen LogP contribution in [-0.2, 0) is 0 Å². The Morgan fingerprint density at radius 3 is 2.73 bits per heavy atom. The summed E-state index contributed by atoms with van der Waals surface area (Å²) >= 11 is 0. The molecule has 1 N–H and O–H groups in total. The summed E-state index contributed by atoms with van der Waals surface area (Å²) in [6.07, 6.45) is 2.37. The first-order chi connectivity index (χ1) is 7.34. The Bertz CT molecular complexity index is 366. The number of piperidine rings is 1. The van der Waals surface area contributed by atoms with Crippen molar-refractivity contribution in [2.45, 2.75) is 12.8 Å². The van der Waals surface area contributed by atoms with Crippen LogP contribution in [0.1, 0.15) is 18.4 Å². The minimum atomic E-state index is -0.208. The molecule has 1 unspecified atom stereocenters. The van der Waals surface area contributed by atoms with Crippen LogP contribution >= 0.6 is 0 Å². The molecule has 2 heteroatoms. The van der Waals surface area contributed by atoms with Crippen molar-refractivity contribution in [2.75, 3.05) is 13.1 Å². The van der Waals surface area contributed by atoms with Gasteiger partial charge in [0.1, 0.15) is 5.82 Å². The predicted molar refractivity (Wildman–Crippen MR) is 58.9 cm³/mol. The second-order valence-electron chi connectivity index (χ2n) is 3.82. The summed E-state index contributed by atoms with van der Waals surface area (Å²) in [5, 5.41) is 3.32. The van der Waals surface area contributed by atoms with Gasteiger partial charge in [0.25, 0.3) is 0 Å². The van der Waals surface area contributed by atoms with Crippen LogP contribution in [0.5, 0.6) is 0 Å². The minimum absolute atomic E-state index is 0.208. The van der Waals surface area contributed by atoms with Gasteiger partial charge in [-0.3, -0.25) is 0 Å². The molecule has 0 amide bonds. The molecule has 1 aromatic rings. The largest absolute Gasteiger partial charge is 0.316 e. The van der Waals surface area contributed by atoms with E-state index in [1.54, 1.807) is 12.1 Å². The second-order valence-corrected chi connectivity index (χ2v) is 3.82. The molecule has 1 nitrogen and oxygen atoms in total. The highest BCUT2D eigenvalue weighted by atomic mass is 19.1. The number of hydrogen-bond acceptors (Lipinski definition) is 1. The maximum Gasteiger partial charge on any atom is 0.123 e. The quantitative estimate of drug-likeness (QED) is 0.637. The van der Waals surface area contributed by atoms with Crippen molar-refractivity contribution >= 4 is 0 Å². The highest BCUT2D eigenvalue weighted by Crippen LogP contribution is 2.08. The summed E-state index contributed by atoms with van der Waals surface area (Å²) in [5.74, 6) is 6.55. The van der Waals surface area contributed by atoms with E-state index in [1.165, 1.54) is 25.0 Å². The normalized spacial score (nSPS) is 20.5. The van der Waals surface area contributed by atoms with Crippen molar-refractivity contribution < 1.29 is 4.39 Å². The lowest BCUT2D eigenvalue weighted by Crippen LogP contribution is -2.28. The fourth-order valence-corrected chi connectivity index (χ4v) is 1.69. The lowest BCUT2D eigenvalue weighted by atomic mass is 10.00. The molecule has 1 aliphatic heterocycles. The number of benzene rings is 1. The van der Waals surface area contributed by atoms with Crippen molar-refractivity contribution in [3.05, 3.63) is 35.6 Å². The van der Waals surface area contributed by atoms with E-state index in [0.717, 1.165) is 18.7 Å². The third kappa shape index (κ3) is 3.07. The fourth-order valence-electron chi connectivity index (χ4n) is 1.69. The lowest BCUT2D eigenvalue weighted by Gasteiger charge is -2.17. The number of nitrogens with one attached hydrogen (secondary N) is 1. The molecule has 2 rings (SSSR count). The van der Waals surface area contributed by atoms with E-state index in [-0.39, 0.29) is 5.82 Å². The SMILES string of the molecule is Fc1ccc(C#CC2CCCNC2)cc1. The van der Waals surface area contributed by atoms with Gasteiger partial charge < -0.3 is 5.32 Å². The smallest absolute Gasteiger partial charge is 0.123 e. The third-order valence-corrected chi connectivity index (χ3v) is 2.56. The molecule has 78 valence electrons. The minimum Gasteiger partial charge on any atom is -0.316 e. The van der Waals surface area contributed by atoms with Crippen molar-refractivity contribution in [3.63, 3.8) is 0 Å². The summed E-state index contributed by atoms with van der Waals surface area (Å²) in [6, 6.07) is 6.34. The molecule has 1 aromatic carbocycles. The van der Waals surface area contributed by atoms with Crippen LogP contribution in [0, 0.1) is 23.6 Å². The Hall–Kier alpha value is -1.33. The van der Waals surface area contributed by atoms with Gasteiger partial charge in [-0.2, -0.15) is 0 Å². The Morgan fingerprint density at radius 1 is 1.27 bits per heavy atom. The Balaban J connectivity index is 2.00. The van der Waals surface area contributed by atoms with Crippen LogP contribution in [0.2, 0.25) is 0 Å². The van der Waals surface area contributed by atoms with E-state index in [9.17, 15) is 4.39 Å². The summed E-state index contributed by atoms with van der Waals surface area (Å²) < 4.78 is 12.6. The van der Waals surface area contributed by atoms with Gasteiger partial charge in [0, 0.05) is 18.0 Å². The maximum atomic E-state index is 12.6. The molecule has 15 heavy (non-hydrogen) atoms. The molecule has 0 saturated carbocycles. The topological polar surface area (TPSA) is 12.0 Å². The van der Waals surface area contributed by atoms with Crippen LogP contribution in [0.3, 0.4) is 0 Å². The molecule has 1 saturated heterocycles. The average Bonchev–Trinajstić information content (AvgIpc) is 2.30. The second kappa shape index (κ2) is 4.95.